The molecule has 20 heavy (non-hydrogen) atoms. The fourth-order valence-electron chi connectivity index (χ4n) is 2.12. The molecule has 1 rings (SSSR count). The predicted octanol–water partition coefficient (Wildman–Crippen LogP) is 3.50. The van der Waals surface area contributed by atoms with Gasteiger partial charge in [0, 0.05) is 19.8 Å². The number of unbranched alkanes of at least 4 members (excludes halogenated alkanes) is 1. The Hall–Kier alpha value is -1.35. The molecule has 3 nitrogen and oxygen atoms in total. The Balaban J connectivity index is 2.24. The van der Waals surface area contributed by atoms with E-state index >= 15 is 0 Å². The largest absolute Gasteiger partial charge is 0.381 e. The van der Waals surface area contributed by atoms with E-state index < -0.39 is 0 Å². The van der Waals surface area contributed by atoms with Gasteiger partial charge >= 0.3 is 0 Å². The number of carbonyl (C=O) groups excluding carboxylic acids is 1. The third-order valence-corrected chi connectivity index (χ3v) is 3.33. The Kier molecular flexibility index (Phi) is 8.72. The third kappa shape index (κ3) is 6.20. The van der Waals surface area contributed by atoms with E-state index in [-0.39, 0.29) is 11.8 Å². The second kappa shape index (κ2) is 10.4. The highest BCUT2D eigenvalue weighted by Crippen LogP contribution is 2.18. The maximum atomic E-state index is 12.2. The van der Waals surface area contributed by atoms with Gasteiger partial charge in [-0.3, -0.25) is 4.79 Å². The monoisotopic (exact) mass is 277 g/mol. The van der Waals surface area contributed by atoms with Crippen molar-refractivity contribution in [3.05, 3.63) is 35.9 Å². The van der Waals surface area contributed by atoms with Gasteiger partial charge in [-0.1, -0.05) is 50.6 Å². The van der Waals surface area contributed by atoms with E-state index in [1.807, 2.05) is 37.3 Å². The first-order chi connectivity index (χ1) is 9.79. The summed E-state index contributed by atoms with van der Waals surface area (Å²) in [4.78, 5) is 12.2. The molecule has 0 unspecified atom stereocenters. The van der Waals surface area contributed by atoms with Gasteiger partial charge in [0.15, 0.2) is 0 Å². The fraction of sp³-hybridized carbons (Fsp3) is 0.588. The molecule has 0 bridgehead atoms. The molecule has 1 amide bonds. The van der Waals surface area contributed by atoms with Gasteiger partial charge in [-0.25, -0.2) is 0 Å². The van der Waals surface area contributed by atoms with Crippen molar-refractivity contribution in [2.45, 2.75) is 45.4 Å². The SMILES string of the molecule is CCCCOCCCNC(=O)[C@@H](CC)c1ccccc1. The van der Waals surface area contributed by atoms with Gasteiger partial charge in [-0.2, -0.15) is 0 Å². The molecule has 0 aliphatic heterocycles. The predicted molar refractivity (Wildman–Crippen MR) is 82.8 cm³/mol. The zero-order valence-electron chi connectivity index (χ0n) is 12.7. The maximum Gasteiger partial charge on any atom is 0.227 e. The van der Waals surface area contributed by atoms with Crippen LogP contribution in [0.15, 0.2) is 30.3 Å². The Labute approximate surface area is 122 Å². The molecule has 0 aromatic heterocycles. The van der Waals surface area contributed by atoms with E-state index in [0.717, 1.165) is 44.5 Å². The summed E-state index contributed by atoms with van der Waals surface area (Å²) in [6, 6.07) is 9.96. The highest BCUT2D eigenvalue weighted by Gasteiger charge is 2.17. The van der Waals surface area contributed by atoms with Gasteiger partial charge in [0.25, 0.3) is 0 Å². The topological polar surface area (TPSA) is 38.3 Å². The van der Waals surface area contributed by atoms with E-state index in [1.165, 1.54) is 0 Å². The summed E-state index contributed by atoms with van der Waals surface area (Å²) in [5, 5.41) is 3.00. The number of ether oxygens (including phenoxy) is 1. The van der Waals surface area contributed by atoms with Crippen molar-refractivity contribution in [2.75, 3.05) is 19.8 Å². The van der Waals surface area contributed by atoms with Gasteiger partial charge < -0.3 is 10.1 Å². The van der Waals surface area contributed by atoms with Crippen LogP contribution in [-0.2, 0) is 9.53 Å². The lowest BCUT2D eigenvalue weighted by molar-refractivity contribution is -0.122. The Morgan fingerprint density at radius 2 is 1.85 bits per heavy atom. The first kappa shape index (κ1) is 16.7. The average molecular weight is 277 g/mol. The molecule has 0 fully saturated rings. The van der Waals surface area contributed by atoms with E-state index in [0.29, 0.717) is 6.54 Å². The first-order valence-electron chi connectivity index (χ1n) is 7.70. The van der Waals surface area contributed by atoms with Crippen LogP contribution in [0.1, 0.15) is 51.0 Å². The summed E-state index contributed by atoms with van der Waals surface area (Å²) in [6.45, 7) is 6.44. The quantitative estimate of drug-likeness (QED) is 0.665. The molecule has 1 N–H and O–H groups in total. The molecule has 0 aliphatic carbocycles. The van der Waals surface area contributed by atoms with E-state index in [2.05, 4.69) is 12.2 Å². The Bertz CT molecular complexity index is 365. The first-order valence-corrected chi connectivity index (χ1v) is 7.70. The minimum absolute atomic E-state index is 0.0443. The molecule has 0 heterocycles. The van der Waals surface area contributed by atoms with Crippen LogP contribution in [0.2, 0.25) is 0 Å². The minimum Gasteiger partial charge on any atom is -0.381 e. The lowest BCUT2D eigenvalue weighted by Gasteiger charge is -2.15. The van der Waals surface area contributed by atoms with Crippen LogP contribution < -0.4 is 5.32 Å². The van der Waals surface area contributed by atoms with E-state index in [1.54, 1.807) is 0 Å². The van der Waals surface area contributed by atoms with E-state index in [9.17, 15) is 4.79 Å². The zero-order chi connectivity index (χ0) is 14.6. The molecule has 3 heteroatoms. The summed E-state index contributed by atoms with van der Waals surface area (Å²) in [7, 11) is 0. The van der Waals surface area contributed by atoms with Crippen LogP contribution in [0, 0.1) is 0 Å². The van der Waals surface area contributed by atoms with Crippen molar-refractivity contribution in [3.63, 3.8) is 0 Å². The molecular formula is C17H27NO2. The van der Waals surface area contributed by atoms with Gasteiger partial charge in [0.1, 0.15) is 0 Å². The standard InChI is InChI=1S/C17H27NO2/c1-3-5-13-20-14-9-12-18-17(19)16(4-2)15-10-7-6-8-11-15/h6-8,10-11,16H,3-5,9,12-14H2,1-2H3,(H,18,19)/t16-/m0/s1. The Morgan fingerprint density at radius 1 is 1.15 bits per heavy atom. The average Bonchev–Trinajstić information content (AvgIpc) is 2.48. The lowest BCUT2D eigenvalue weighted by atomic mass is 9.96. The number of carbonyl (C=O) groups is 1. The summed E-state index contributed by atoms with van der Waals surface area (Å²) in [5.41, 5.74) is 1.09. The molecule has 0 radical (unpaired) electrons. The number of benzene rings is 1. The van der Waals surface area contributed by atoms with Gasteiger partial charge in [0.2, 0.25) is 5.91 Å². The molecule has 0 saturated carbocycles. The number of rotatable bonds is 10. The molecule has 0 aliphatic rings. The van der Waals surface area contributed by atoms with Crippen LogP contribution in [-0.4, -0.2) is 25.7 Å². The van der Waals surface area contributed by atoms with Crippen molar-refractivity contribution >= 4 is 5.91 Å². The Morgan fingerprint density at radius 3 is 2.50 bits per heavy atom. The second-order valence-electron chi connectivity index (χ2n) is 4.98. The summed E-state index contributed by atoms with van der Waals surface area (Å²) in [5.74, 6) is 0.0736. The smallest absolute Gasteiger partial charge is 0.227 e. The maximum absolute atomic E-state index is 12.2. The molecule has 1 aromatic carbocycles. The van der Waals surface area contributed by atoms with Crippen LogP contribution in [0.3, 0.4) is 0 Å². The normalized spacial score (nSPS) is 12.1. The second-order valence-corrected chi connectivity index (χ2v) is 4.98. The minimum atomic E-state index is -0.0443. The van der Waals surface area contributed by atoms with Crippen molar-refractivity contribution < 1.29 is 9.53 Å². The number of hydrogen-bond donors (Lipinski definition) is 1. The number of nitrogens with one attached hydrogen (secondary N) is 1. The fourth-order valence-corrected chi connectivity index (χ4v) is 2.12. The van der Waals surface area contributed by atoms with Crippen LogP contribution in [0.25, 0.3) is 0 Å². The highest BCUT2D eigenvalue weighted by molar-refractivity contribution is 5.83. The van der Waals surface area contributed by atoms with Crippen LogP contribution >= 0.6 is 0 Å². The highest BCUT2D eigenvalue weighted by atomic mass is 16.5. The number of hydrogen-bond acceptors (Lipinski definition) is 2. The van der Waals surface area contributed by atoms with Gasteiger partial charge in [-0.05, 0) is 24.8 Å². The van der Waals surface area contributed by atoms with Gasteiger partial charge in [-0.15, -0.1) is 0 Å². The molecule has 0 spiro atoms. The van der Waals surface area contributed by atoms with Crippen molar-refractivity contribution in [2.24, 2.45) is 0 Å². The summed E-state index contributed by atoms with van der Waals surface area (Å²) >= 11 is 0. The molecule has 1 atom stereocenters. The zero-order valence-corrected chi connectivity index (χ0v) is 12.7. The van der Waals surface area contributed by atoms with Crippen LogP contribution in [0.4, 0.5) is 0 Å². The molecular weight excluding hydrogens is 250 g/mol. The third-order valence-electron chi connectivity index (χ3n) is 3.33. The lowest BCUT2D eigenvalue weighted by Crippen LogP contribution is -2.30. The summed E-state index contributed by atoms with van der Waals surface area (Å²) < 4.78 is 5.48. The van der Waals surface area contributed by atoms with Crippen molar-refractivity contribution in [1.29, 1.82) is 0 Å². The number of amides is 1. The van der Waals surface area contributed by atoms with Crippen molar-refractivity contribution in [3.8, 4) is 0 Å². The molecule has 0 saturated heterocycles. The molecule has 1 aromatic rings. The van der Waals surface area contributed by atoms with Crippen LogP contribution in [0.5, 0.6) is 0 Å². The molecule has 112 valence electrons. The summed E-state index contributed by atoms with van der Waals surface area (Å²) in [6.07, 6.45) is 3.97. The van der Waals surface area contributed by atoms with E-state index in [4.69, 9.17) is 4.74 Å². The van der Waals surface area contributed by atoms with Gasteiger partial charge in [0.05, 0.1) is 5.92 Å². The van der Waals surface area contributed by atoms with Crippen molar-refractivity contribution in [1.82, 2.24) is 5.32 Å².